The van der Waals surface area contributed by atoms with Gasteiger partial charge in [-0.05, 0) is 29.3 Å². The molecule has 0 saturated carbocycles. The lowest BCUT2D eigenvalue weighted by molar-refractivity contribution is 0.595. The molecule has 0 nitrogen and oxygen atoms in total. The molecule has 1 atom stereocenters. The van der Waals surface area contributed by atoms with E-state index in [-0.39, 0.29) is 0 Å². The molecule has 0 aliphatic heterocycles. The van der Waals surface area contributed by atoms with E-state index in [4.69, 9.17) is 0 Å². The predicted octanol–water partition coefficient (Wildman–Crippen LogP) is 5.01. The second-order valence-electron chi connectivity index (χ2n) is 4.19. The van der Waals surface area contributed by atoms with Crippen molar-refractivity contribution in [1.29, 1.82) is 0 Å². The SMILES string of the molecule is BrC1=CCCCCCC1c1ccccc1. The summed E-state index contributed by atoms with van der Waals surface area (Å²) in [6, 6.07) is 10.8. The monoisotopic (exact) mass is 264 g/mol. The van der Waals surface area contributed by atoms with Gasteiger partial charge in [0, 0.05) is 5.92 Å². The van der Waals surface area contributed by atoms with Gasteiger partial charge in [-0.15, -0.1) is 0 Å². The molecule has 0 heterocycles. The number of hydrogen-bond donors (Lipinski definition) is 0. The highest BCUT2D eigenvalue weighted by Gasteiger charge is 2.15. The van der Waals surface area contributed by atoms with Crippen LogP contribution in [0, 0.1) is 0 Å². The number of allylic oxidation sites excluding steroid dienone is 2. The van der Waals surface area contributed by atoms with Crippen molar-refractivity contribution in [3.05, 3.63) is 46.5 Å². The van der Waals surface area contributed by atoms with Crippen LogP contribution in [0.1, 0.15) is 43.6 Å². The number of benzene rings is 1. The number of halogens is 1. The van der Waals surface area contributed by atoms with Crippen molar-refractivity contribution in [3.63, 3.8) is 0 Å². The molecule has 0 amide bonds. The molecule has 0 radical (unpaired) electrons. The molecule has 0 bridgehead atoms. The van der Waals surface area contributed by atoms with Crippen LogP contribution in [-0.2, 0) is 0 Å². The minimum absolute atomic E-state index is 0.589. The van der Waals surface area contributed by atoms with Crippen molar-refractivity contribution in [3.8, 4) is 0 Å². The molecular weight excluding hydrogens is 248 g/mol. The standard InChI is InChI=1S/C14H17Br/c15-14-11-7-2-1-6-10-13(14)12-8-4-3-5-9-12/h3-5,8-9,11,13H,1-2,6-7,10H2. The summed E-state index contributed by atoms with van der Waals surface area (Å²) in [5.74, 6) is 0.589. The molecule has 1 aromatic carbocycles. The molecule has 2 rings (SSSR count). The second kappa shape index (κ2) is 5.50. The van der Waals surface area contributed by atoms with E-state index in [9.17, 15) is 0 Å². The van der Waals surface area contributed by atoms with Crippen molar-refractivity contribution in [2.45, 2.75) is 38.0 Å². The first-order valence-electron chi connectivity index (χ1n) is 5.78. The summed E-state index contributed by atoms with van der Waals surface area (Å²) >= 11 is 3.74. The van der Waals surface area contributed by atoms with E-state index >= 15 is 0 Å². The van der Waals surface area contributed by atoms with Gasteiger partial charge in [-0.2, -0.15) is 0 Å². The predicted molar refractivity (Wildman–Crippen MR) is 69.3 cm³/mol. The quantitative estimate of drug-likeness (QED) is 0.669. The summed E-state index contributed by atoms with van der Waals surface area (Å²) in [4.78, 5) is 0. The van der Waals surface area contributed by atoms with Crippen molar-refractivity contribution in [2.24, 2.45) is 0 Å². The molecular formula is C14H17Br. The Bertz CT molecular complexity index is 326. The topological polar surface area (TPSA) is 0 Å². The Morgan fingerprint density at radius 1 is 1.00 bits per heavy atom. The fourth-order valence-electron chi connectivity index (χ4n) is 2.20. The molecule has 0 spiro atoms. The van der Waals surface area contributed by atoms with Crippen LogP contribution < -0.4 is 0 Å². The van der Waals surface area contributed by atoms with Crippen LogP contribution in [0.4, 0.5) is 0 Å². The maximum absolute atomic E-state index is 3.74. The Balaban J connectivity index is 2.21. The fraction of sp³-hybridized carbons (Fsp3) is 0.429. The molecule has 1 heteroatoms. The van der Waals surface area contributed by atoms with Crippen LogP contribution >= 0.6 is 15.9 Å². The highest BCUT2D eigenvalue weighted by molar-refractivity contribution is 9.11. The molecule has 15 heavy (non-hydrogen) atoms. The second-order valence-corrected chi connectivity index (χ2v) is 5.11. The van der Waals surface area contributed by atoms with Gasteiger partial charge in [-0.3, -0.25) is 0 Å². The highest BCUT2D eigenvalue weighted by atomic mass is 79.9. The van der Waals surface area contributed by atoms with Crippen LogP contribution in [0.3, 0.4) is 0 Å². The zero-order valence-corrected chi connectivity index (χ0v) is 10.5. The summed E-state index contributed by atoms with van der Waals surface area (Å²) in [7, 11) is 0. The first-order valence-corrected chi connectivity index (χ1v) is 6.58. The van der Waals surface area contributed by atoms with Crippen LogP contribution in [0.15, 0.2) is 40.9 Å². The highest BCUT2D eigenvalue weighted by Crippen LogP contribution is 2.35. The third-order valence-electron chi connectivity index (χ3n) is 3.07. The molecule has 0 saturated heterocycles. The van der Waals surface area contributed by atoms with Gasteiger partial charge in [-0.25, -0.2) is 0 Å². The zero-order chi connectivity index (χ0) is 10.5. The lowest BCUT2D eigenvalue weighted by Gasteiger charge is -2.19. The Morgan fingerprint density at radius 2 is 1.80 bits per heavy atom. The maximum atomic E-state index is 3.74. The van der Waals surface area contributed by atoms with Crippen LogP contribution in [-0.4, -0.2) is 0 Å². The van der Waals surface area contributed by atoms with Crippen molar-refractivity contribution >= 4 is 15.9 Å². The number of hydrogen-bond acceptors (Lipinski definition) is 0. The average molecular weight is 265 g/mol. The summed E-state index contributed by atoms with van der Waals surface area (Å²) in [6.07, 6.45) is 8.93. The molecule has 1 unspecified atom stereocenters. The molecule has 0 aromatic heterocycles. The van der Waals surface area contributed by atoms with E-state index in [1.54, 1.807) is 0 Å². The lowest BCUT2D eigenvalue weighted by atomic mass is 9.90. The van der Waals surface area contributed by atoms with Gasteiger partial charge in [0.2, 0.25) is 0 Å². The molecule has 1 aliphatic carbocycles. The van der Waals surface area contributed by atoms with Crippen LogP contribution in [0.5, 0.6) is 0 Å². The summed E-state index contributed by atoms with van der Waals surface area (Å²) in [5, 5.41) is 0. The molecule has 1 aromatic rings. The van der Waals surface area contributed by atoms with E-state index in [0.717, 1.165) is 0 Å². The maximum Gasteiger partial charge on any atom is 0.0152 e. The van der Waals surface area contributed by atoms with Crippen LogP contribution in [0.2, 0.25) is 0 Å². The Morgan fingerprint density at radius 3 is 2.60 bits per heavy atom. The van der Waals surface area contributed by atoms with Gasteiger partial charge in [0.1, 0.15) is 0 Å². The van der Waals surface area contributed by atoms with E-state index in [2.05, 4.69) is 52.3 Å². The van der Waals surface area contributed by atoms with E-state index < -0.39 is 0 Å². The molecule has 0 N–H and O–H groups in total. The minimum Gasteiger partial charge on any atom is -0.0737 e. The van der Waals surface area contributed by atoms with Gasteiger partial charge in [0.05, 0.1) is 0 Å². The van der Waals surface area contributed by atoms with Crippen molar-refractivity contribution < 1.29 is 0 Å². The van der Waals surface area contributed by atoms with Crippen molar-refractivity contribution in [2.75, 3.05) is 0 Å². The van der Waals surface area contributed by atoms with Crippen molar-refractivity contribution in [1.82, 2.24) is 0 Å². The fourth-order valence-corrected chi connectivity index (χ4v) is 2.92. The minimum atomic E-state index is 0.589. The van der Waals surface area contributed by atoms with Crippen LogP contribution in [0.25, 0.3) is 0 Å². The largest absolute Gasteiger partial charge is 0.0737 e. The van der Waals surface area contributed by atoms with Gasteiger partial charge < -0.3 is 0 Å². The third kappa shape index (κ3) is 2.94. The molecule has 80 valence electrons. The van der Waals surface area contributed by atoms with E-state index in [0.29, 0.717) is 5.92 Å². The molecule has 1 aliphatic rings. The normalized spacial score (nSPS) is 22.7. The van der Waals surface area contributed by atoms with Gasteiger partial charge in [0.25, 0.3) is 0 Å². The third-order valence-corrected chi connectivity index (χ3v) is 3.95. The lowest BCUT2D eigenvalue weighted by Crippen LogP contribution is -2.01. The Hall–Kier alpha value is -0.560. The first-order chi connectivity index (χ1) is 7.38. The first kappa shape index (κ1) is 10.9. The van der Waals surface area contributed by atoms with E-state index in [1.165, 1.54) is 42.1 Å². The summed E-state index contributed by atoms with van der Waals surface area (Å²) < 4.78 is 1.38. The number of rotatable bonds is 1. The van der Waals surface area contributed by atoms with E-state index in [1.807, 2.05) is 0 Å². The molecule has 0 fully saturated rings. The summed E-state index contributed by atoms with van der Waals surface area (Å²) in [6.45, 7) is 0. The van der Waals surface area contributed by atoms with Gasteiger partial charge in [-0.1, -0.05) is 65.2 Å². The Labute approximate surface area is 101 Å². The van der Waals surface area contributed by atoms with Gasteiger partial charge >= 0.3 is 0 Å². The zero-order valence-electron chi connectivity index (χ0n) is 8.95. The smallest absolute Gasteiger partial charge is 0.0152 e. The Kier molecular flexibility index (Phi) is 4.01. The van der Waals surface area contributed by atoms with Gasteiger partial charge in [0.15, 0.2) is 0 Å². The summed E-state index contributed by atoms with van der Waals surface area (Å²) in [5.41, 5.74) is 1.45. The average Bonchev–Trinajstić information content (AvgIpc) is 2.25.